The maximum Gasteiger partial charge on any atom is 0.492 e. The number of ether oxygens (including phenoxy) is 1. The van der Waals surface area contributed by atoms with Gasteiger partial charge in [0.1, 0.15) is 24.6 Å². The molecule has 1 fully saturated rings. The zero-order chi connectivity index (χ0) is 16.7. The molecule has 23 heavy (non-hydrogen) atoms. The second-order valence-corrected chi connectivity index (χ2v) is 5.06. The van der Waals surface area contributed by atoms with Gasteiger partial charge in [0.25, 0.3) is 5.87 Å². The molecule has 121 valence electrons. The van der Waals surface area contributed by atoms with Crippen LogP contribution in [0.3, 0.4) is 0 Å². The van der Waals surface area contributed by atoms with E-state index >= 15 is 0 Å². The van der Waals surface area contributed by atoms with Gasteiger partial charge in [0, 0.05) is 0 Å². The first kappa shape index (κ1) is 15.6. The molecule has 3 heterocycles. The van der Waals surface area contributed by atoms with Crippen LogP contribution in [0.2, 0.25) is 0 Å². The van der Waals surface area contributed by atoms with E-state index in [9.17, 15) is 15.0 Å². The third-order valence-corrected chi connectivity index (χ3v) is 3.63. The monoisotopic (exact) mass is 323 g/mol. The molecule has 0 aliphatic carbocycles. The van der Waals surface area contributed by atoms with Gasteiger partial charge in [-0.3, -0.25) is 13.8 Å². The average Bonchev–Trinajstić information content (AvgIpc) is 3.05. The van der Waals surface area contributed by atoms with Crippen LogP contribution in [0.1, 0.15) is 6.23 Å². The molecular formula is C11H14BN5O6+. The van der Waals surface area contributed by atoms with Crippen molar-refractivity contribution in [3.05, 3.63) is 12.7 Å². The highest BCUT2D eigenvalue weighted by Crippen LogP contribution is 2.31. The fourth-order valence-electron chi connectivity index (χ4n) is 2.48. The second kappa shape index (κ2) is 5.74. The number of carbonyl (C=O) groups is 1. The van der Waals surface area contributed by atoms with Crippen molar-refractivity contribution in [3.63, 3.8) is 0 Å². The van der Waals surface area contributed by atoms with E-state index in [2.05, 4.69) is 9.97 Å². The Morgan fingerprint density at radius 3 is 2.78 bits per heavy atom. The van der Waals surface area contributed by atoms with E-state index < -0.39 is 37.0 Å². The molecule has 12 heteroatoms. The minimum Gasteiger partial charge on any atom is -0.486 e. The number of aliphatic hydroxyl groups is 3. The topological polar surface area (TPSA) is 168 Å². The molecule has 0 aromatic carbocycles. The summed E-state index contributed by atoms with van der Waals surface area (Å²) in [5, 5.41) is 37.8. The number of hydrogen-bond acceptors (Lipinski definition) is 8. The van der Waals surface area contributed by atoms with E-state index in [0.717, 1.165) is 11.9 Å². The molecule has 4 atom stereocenters. The Hall–Kier alpha value is -2.28. The van der Waals surface area contributed by atoms with Crippen LogP contribution < -0.4 is 10.2 Å². The van der Waals surface area contributed by atoms with Gasteiger partial charge in [0.05, 0.1) is 6.61 Å². The first-order valence-electron chi connectivity index (χ1n) is 6.66. The van der Waals surface area contributed by atoms with Crippen molar-refractivity contribution in [1.29, 1.82) is 0 Å². The number of carboxylic acid groups (broad SMARTS) is 1. The number of aromatic nitrogens is 4. The molecule has 0 amide bonds. The van der Waals surface area contributed by atoms with Crippen LogP contribution in [0.25, 0.3) is 11.2 Å². The normalized spacial score (nSPS) is 27.4. The quantitative estimate of drug-likeness (QED) is 0.370. The zero-order valence-electron chi connectivity index (χ0n) is 11.7. The van der Waals surface area contributed by atoms with Gasteiger partial charge < -0.3 is 30.9 Å². The van der Waals surface area contributed by atoms with E-state index in [1.165, 1.54) is 17.2 Å². The van der Waals surface area contributed by atoms with E-state index in [0.29, 0.717) is 0 Å². The van der Waals surface area contributed by atoms with Gasteiger partial charge >= 0.3 is 7.41 Å². The van der Waals surface area contributed by atoms with Crippen molar-refractivity contribution < 1.29 is 34.4 Å². The van der Waals surface area contributed by atoms with Crippen LogP contribution in [-0.4, -0.2) is 73.2 Å². The molecule has 1 aliphatic heterocycles. The summed E-state index contributed by atoms with van der Waals surface area (Å²) in [5.41, 5.74) is 6.31. The highest BCUT2D eigenvalue weighted by molar-refractivity contribution is 6.64. The average molecular weight is 323 g/mol. The smallest absolute Gasteiger partial charge is 0.486 e. The van der Waals surface area contributed by atoms with Gasteiger partial charge in [-0.2, -0.15) is 0 Å². The third-order valence-electron chi connectivity index (χ3n) is 3.63. The first-order chi connectivity index (χ1) is 10.9. The zero-order valence-corrected chi connectivity index (χ0v) is 11.7. The lowest BCUT2D eigenvalue weighted by Gasteiger charge is -2.15. The van der Waals surface area contributed by atoms with Crippen molar-refractivity contribution in [2.24, 2.45) is 0 Å². The Morgan fingerprint density at radius 1 is 1.43 bits per heavy atom. The standard InChI is InChI=1S/C11H14BN5O6/c13-8-5-9(15-3-17(8)12-11(21)22)16(2-14-5)10-7(20)6(19)4(1-18)23-10/h2-4,6-7,10,18-20H,1H2,(H2,13,15)(H,21,22)/q+1/t4-,6-,7+,10-/m1/s1. The van der Waals surface area contributed by atoms with Gasteiger partial charge in [-0.25, -0.2) is 4.98 Å². The van der Waals surface area contributed by atoms with E-state index in [1.54, 1.807) is 0 Å². The lowest BCUT2D eigenvalue weighted by atomic mass is 9.95. The predicted octanol–water partition coefficient (Wildman–Crippen LogP) is -2.94. The Labute approximate surface area is 129 Å². The highest BCUT2D eigenvalue weighted by atomic mass is 16.6. The Balaban J connectivity index is 2.01. The number of anilines is 1. The molecular weight excluding hydrogens is 309 g/mol. The second-order valence-electron chi connectivity index (χ2n) is 5.06. The van der Waals surface area contributed by atoms with E-state index in [4.69, 9.17) is 20.7 Å². The van der Waals surface area contributed by atoms with E-state index in [-0.39, 0.29) is 17.0 Å². The summed E-state index contributed by atoms with van der Waals surface area (Å²) >= 11 is 0. The van der Waals surface area contributed by atoms with Crippen molar-refractivity contribution in [3.8, 4) is 0 Å². The summed E-state index contributed by atoms with van der Waals surface area (Å²) in [6.07, 6.45) is -1.98. The van der Waals surface area contributed by atoms with Gasteiger partial charge in [-0.05, 0) is 0 Å². The number of hydrogen-bond donors (Lipinski definition) is 5. The summed E-state index contributed by atoms with van der Waals surface area (Å²) in [5.74, 6) is -1.16. The number of fused-ring (bicyclic) bond motifs is 1. The number of nitrogen functional groups attached to an aromatic ring is 1. The van der Waals surface area contributed by atoms with Crippen LogP contribution in [0.15, 0.2) is 12.7 Å². The fourth-order valence-corrected chi connectivity index (χ4v) is 2.48. The summed E-state index contributed by atoms with van der Waals surface area (Å²) in [6, 6.07) is 0. The van der Waals surface area contributed by atoms with Crippen LogP contribution >= 0.6 is 0 Å². The van der Waals surface area contributed by atoms with Gasteiger partial charge in [-0.1, -0.05) is 4.98 Å². The van der Waals surface area contributed by atoms with Crippen LogP contribution in [0, 0.1) is 0 Å². The number of nitrogens with zero attached hydrogens (tertiary/aromatic N) is 4. The molecule has 2 aromatic heterocycles. The molecule has 1 aliphatic rings. The van der Waals surface area contributed by atoms with Crippen LogP contribution in [-0.2, 0) is 4.74 Å². The molecule has 1 saturated heterocycles. The van der Waals surface area contributed by atoms with Crippen molar-refractivity contribution in [2.75, 3.05) is 12.3 Å². The van der Waals surface area contributed by atoms with Crippen LogP contribution in [0.4, 0.5) is 10.6 Å². The fraction of sp³-hybridized carbons (Fsp3) is 0.455. The van der Waals surface area contributed by atoms with Gasteiger partial charge in [-0.15, -0.1) is 0 Å². The van der Waals surface area contributed by atoms with Gasteiger partial charge in [0.2, 0.25) is 17.8 Å². The lowest BCUT2D eigenvalue weighted by molar-refractivity contribution is -0.513. The lowest BCUT2D eigenvalue weighted by Crippen LogP contribution is -2.47. The molecule has 0 bridgehead atoms. The van der Waals surface area contributed by atoms with E-state index in [1.807, 2.05) is 0 Å². The van der Waals surface area contributed by atoms with Crippen molar-refractivity contribution in [1.82, 2.24) is 14.5 Å². The summed E-state index contributed by atoms with van der Waals surface area (Å²) < 4.78 is 7.86. The van der Waals surface area contributed by atoms with Crippen LogP contribution in [0.5, 0.6) is 0 Å². The predicted molar refractivity (Wildman–Crippen MR) is 74.3 cm³/mol. The summed E-state index contributed by atoms with van der Waals surface area (Å²) in [6.45, 7) is -0.454. The number of aliphatic hydroxyl groups excluding tert-OH is 3. The molecule has 0 unspecified atom stereocenters. The molecule has 1 radical (unpaired) electrons. The maximum atomic E-state index is 10.7. The number of nitrogens with two attached hydrogens (primary N) is 1. The minimum atomic E-state index is -1.29. The SMILES string of the molecule is Nc1c2ncn([C@@H]3O[C@H](CO)[C@@H](O)[C@@H]3O)c2nc[n+]1[B]C(=O)O. The van der Waals surface area contributed by atoms with Crippen molar-refractivity contribution in [2.45, 2.75) is 24.5 Å². The minimum absolute atomic E-state index is 0.0443. The maximum absolute atomic E-state index is 10.7. The van der Waals surface area contributed by atoms with Crippen molar-refractivity contribution >= 4 is 30.3 Å². The third kappa shape index (κ3) is 2.51. The highest BCUT2D eigenvalue weighted by Gasteiger charge is 2.44. The molecule has 0 saturated carbocycles. The Morgan fingerprint density at radius 2 is 2.17 bits per heavy atom. The number of rotatable bonds is 4. The molecule has 3 rings (SSSR count). The molecule has 2 aromatic rings. The molecule has 6 N–H and O–H groups in total. The molecule has 0 spiro atoms. The summed E-state index contributed by atoms with van der Waals surface area (Å²) in [7, 11) is 0.827. The largest absolute Gasteiger partial charge is 0.492 e. The Kier molecular flexibility index (Phi) is 3.89. The first-order valence-corrected chi connectivity index (χ1v) is 6.66. The van der Waals surface area contributed by atoms with Gasteiger partial charge in [0.15, 0.2) is 11.7 Å². The Bertz CT molecular complexity index is 754. The molecule has 11 nitrogen and oxygen atoms in total. The number of imidazole rings is 1. The summed E-state index contributed by atoms with van der Waals surface area (Å²) in [4.78, 5) is 18.8.